The first kappa shape index (κ1) is 24.6. The Hall–Kier alpha value is -4.06. The molecule has 0 bridgehead atoms. The van der Waals surface area contributed by atoms with Gasteiger partial charge in [-0.1, -0.05) is 17.7 Å². The van der Waals surface area contributed by atoms with Crippen LogP contribution in [0.2, 0.25) is 5.02 Å². The van der Waals surface area contributed by atoms with E-state index >= 15 is 0 Å². The number of amides is 1. The van der Waals surface area contributed by atoms with Crippen molar-refractivity contribution in [3.05, 3.63) is 81.4 Å². The fraction of sp³-hybridized carbons (Fsp3) is 0.160. The molecule has 1 aromatic heterocycles. The second-order valence-corrected chi connectivity index (χ2v) is 9.02. The first-order chi connectivity index (χ1) is 17.9. The van der Waals surface area contributed by atoms with Crippen molar-refractivity contribution >= 4 is 63.0 Å². The lowest BCUT2D eigenvalue weighted by Crippen LogP contribution is -2.39. The highest BCUT2D eigenvalue weighted by Crippen LogP contribution is 2.28. The third-order valence-electron chi connectivity index (χ3n) is 5.73. The summed E-state index contributed by atoms with van der Waals surface area (Å²) >= 11 is 11.4. The molecule has 2 heterocycles. The van der Waals surface area contributed by atoms with E-state index in [1.807, 2.05) is 17.0 Å². The highest BCUT2D eigenvalue weighted by atomic mass is 35.5. The summed E-state index contributed by atoms with van der Waals surface area (Å²) in [7, 11) is 0. The molecule has 1 aliphatic heterocycles. The van der Waals surface area contributed by atoms with E-state index < -0.39 is 10.8 Å². The molecule has 4 aromatic rings. The Kier molecular flexibility index (Phi) is 6.99. The van der Waals surface area contributed by atoms with Gasteiger partial charge in [-0.05, 0) is 54.7 Å². The van der Waals surface area contributed by atoms with Gasteiger partial charge in [-0.3, -0.25) is 20.2 Å². The minimum Gasteiger partial charge on any atom is -0.436 e. The van der Waals surface area contributed by atoms with Gasteiger partial charge < -0.3 is 19.4 Å². The van der Waals surface area contributed by atoms with Crippen molar-refractivity contribution < 1.29 is 18.9 Å². The van der Waals surface area contributed by atoms with Crippen LogP contribution in [0.4, 0.5) is 17.1 Å². The summed E-state index contributed by atoms with van der Waals surface area (Å²) in [6.07, 6.45) is 0. The third-order valence-corrected chi connectivity index (χ3v) is 6.17. The van der Waals surface area contributed by atoms with Crippen LogP contribution < -0.4 is 15.5 Å². The van der Waals surface area contributed by atoms with Gasteiger partial charge in [0.25, 0.3) is 11.6 Å². The van der Waals surface area contributed by atoms with Crippen molar-refractivity contribution in [3.63, 3.8) is 0 Å². The van der Waals surface area contributed by atoms with E-state index in [0.717, 1.165) is 5.56 Å². The smallest absolute Gasteiger partial charge is 0.270 e. The molecule has 0 radical (unpaired) electrons. The van der Waals surface area contributed by atoms with Gasteiger partial charge in [-0.2, -0.15) is 0 Å². The number of morpholine rings is 1. The maximum absolute atomic E-state index is 13.1. The van der Waals surface area contributed by atoms with Gasteiger partial charge >= 0.3 is 0 Å². The Labute approximate surface area is 221 Å². The lowest BCUT2D eigenvalue weighted by molar-refractivity contribution is -0.384. The van der Waals surface area contributed by atoms with Crippen molar-refractivity contribution in [3.8, 4) is 11.5 Å². The molecule has 12 heteroatoms. The maximum atomic E-state index is 13.1. The normalized spacial score (nSPS) is 13.4. The highest BCUT2D eigenvalue weighted by Gasteiger charge is 2.23. The SMILES string of the molecule is O=C(NC(=S)Nc1ccc2oc(-c3cccc(Cl)c3)nc2c1)c1cc([N+](=O)[O-])ccc1N1CCOCC1. The number of ether oxygens (including phenoxy) is 1. The molecule has 3 aromatic carbocycles. The van der Waals surface area contributed by atoms with Crippen molar-refractivity contribution in [1.82, 2.24) is 10.3 Å². The van der Waals surface area contributed by atoms with Crippen molar-refractivity contribution in [2.75, 3.05) is 36.5 Å². The van der Waals surface area contributed by atoms with Gasteiger partial charge in [0.1, 0.15) is 5.52 Å². The van der Waals surface area contributed by atoms with Gasteiger partial charge in [-0.15, -0.1) is 0 Å². The van der Waals surface area contributed by atoms with E-state index in [1.165, 1.54) is 12.1 Å². The monoisotopic (exact) mass is 537 g/mol. The highest BCUT2D eigenvalue weighted by molar-refractivity contribution is 7.80. The van der Waals surface area contributed by atoms with Crippen LogP contribution in [0.15, 0.2) is 65.1 Å². The summed E-state index contributed by atoms with van der Waals surface area (Å²) in [5.74, 6) is -0.139. The van der Waals surface area contributed by atoms with E-state index in [4.69, 9.17) is 33.0 Å². The van der Waals surface area contributed by atoms with Gasteiger partial charge in [0, 0.05) is 41.5 Å². The fourth-order valence-corrected chi connectivity index (χ4v) is 4.38. The molecule has 0 saturated carbocycles. The molecule has 37 heavy (non-hydrogen) atoms. The Balaban J connectivity index is 1.33. The van der Waals surface area contributed by atoms with Gasteiger partial charge in [0.2, 0.25) is 5.89 Å². The molecule has 5 rings (SSSR count). The molecule has 2 N–H and O–H groups in total. The number of carbonyl (C=O) groups excluding carboxylic acids is 1. The predicted molar refractivity (Wildman–Crippen MR) is 144 cm³/mol. The Morgan fingerprint density at radius 2 is 1.92 bits per heavy atom. The van der Waals surface area contributed by atoms with Crippen LogP contribution >= 0.6 is 23.8 Å². The number of halogens is 1. The number of rotatable bonds is 5. The molecule has 1 aliphatic rings. The molecule has 188 valence electrons. The lowest BCUT2D eigenvalue weighted by atomic mass is 10.1. The fourth-order valence-electron chi connectivity index (χ4n) is 3.98. The summed E-state index contributed by atoms with van der Waals surface area (Å²) in [4.78, 5) is 30.4. The Morgan fingerprint density at radius 3 is 2.68 bits per heavy atom. The molecule has 1 fully saturated rings. The molecule has 1 amide bonds. The first-order valence-corrected chi connectivity index (χ1v) is 12.1. The molecular weight excluding hydrogens is 518 g/mol. The standard InChI is InChI=1S/C25H20ClN5O5S/c26-16-3-1-2-15(12-16)24-28-20-13-17(4-7-22(20)36-24)27-25(37)29-23(32)19-14-18(31(33)34)5-6-21(19)30-8-10-35-11-9-30/h1-7,12-14H,8-11H2,(H2,27,29,32,37). The average molecular weight is 538 g/mol. The van der Waals surface area contributed by atoms with Crippen molar-refractivity contribution in [2.24, 2.45) is 0 Å². The number of fused-ring (bicyclic) bond motifs is 1. The van der Waals surface area contributed by atoms with Crippen LogP contribution in [-0.4, -0.2) is 47.2 Å². The van der Waals surface area contributed by atoms with Gasteiger partial charge in [0.05, 0.1) is 29.4 Å². The molecule has 0 atom stereocenters. The van der Waals surface area contributed by atoms with Crippen LogP contribution in [0.25, 0.3) is 22.6 Å². The van der Waals surface area contributed by atoms with E-state index in [9.17, 15) is 14.9 Å². The number of aromatic nitrogens is 1. The number of hydrogen-bond donors (Lipinski definition) is 2. The Bertz CT molecular complexity index is 1520. The second-order valence-electron chi connectivity index (χ2n) is 8.18. The molecule has 0 aliphatic carbocycles. The molecule has 10 nitrogen and oxygen atoms in total. The number of benzene rings is 3. The third kappa shape index (κ3) is 5.53. The zero-order valence-corrected chi connectivity index (χ0v) is 20.8. The number of nitrogens with zero attached hydrogens (tertiary/aromatic N) is 3. The summed E-state index contributed by atoms with van der Waals surface area (Å²) in [6.45, 7) is 2.13. The first-order valence-electron chi connectivity index (χ1n) is 11.3. The number of anilines is 2. The molecule has 0 unspecified atom stereocenters. The van der Waals surface area contributed by atoms with E-state index in [2.05, 4.69) is 15.6 Å². The summed E-state index contributed by atoms with van der Waals surface area (Å²) in [5.41, 5.74) is 3.02. The average Bonchev–Trinajstić information content (AvgIpc) is 3.32. The largest absolute Gasteiger partial charge is 0.436 e. The molecule has 1 saturated heterocycles. The van der Waals surface area contributed by atoms with E-state index in [1.54, 1.807) is 36.4 Å². The number of hydrogen-bond acceptors (Lipinski definition) is 8. The van der Waals surface area contributed by atoms with Crippen molar-refractivity contribution in [2.45, 2.75) is 0 Å². The van der Waals surface area contributed by atoms with Crippen LogP contribution in [0.5, 0.6) is 0 Å². The van der Waals surface area contributed by atoms with Crippen molar-refractivity contribution in [1.29, 1.82) is 0 Å². The lowest BCUT2D eigenvalue weighted by Gasteiger charge is -2.30. The zero-order valence-electron chi connectivity index (χ0n) is 19.3. The quantitative estimate of drug-likeness (QED) is 0.205. The van der Waals surface area contributed by atoms with Crippen LogP contribution in [0.1, 0.15) is 10.4 Å². The number of carbonyl (C=O) groups is 1. The Morgan fingerprint density at radius 1 is 1.11 bits per heavy atom. The van der Waals surface area contributed by atoms with Crippen LogP contribution in [0, 0.1) is 10.1 Å². The van der Waals surface area contributed by atoms with Gasteiger partial charge in [0.15, 0.2) is 10.7 Å². The van der Waals surface area contributed by atoms with Gasteiger partial charge in [-0.25, -0.2) is 4.98 Å². The van der Waals surface area contributed by atoms with Crippen LogP contribution in [0.3, 0.4) is 0 Å². The summed E-state index contributed by atoms with van der Waals surface area (Å²) in [5, 5.41) is 17.5. The van der Waals surface area contributed by atoms with E-state index in [0.29, 0.717) is 59.7 Å². The number of thiocarbonyl (C=S) groups is 1. The topological polar surface area (TPSA) is 123 Å². The number of oxazole rings is 1. The zero-order chi connectivity index (χ0) is 25.9. The minimum absolute atomic E-state index is 0.0299. The number of nitrogens with one attached hydrogen (secondary N) is 2. The summed E-state index contributed by atoms with van der Waals surface area (Å²) < 4.78 is 11.2. The summed E-state index contributed by atoms with van der Waals surface area (Å²) in [6, 6.07) is 16.6. The van der Waals surface area contributed by atoms with E-state index in [-0.39, 0.29) is 16.4 Å². The van der Waals surface area contributed by atoms with Crippen LogP contribution in [-0.2, 0) is 4.74 Å². The predicted octanol–water partition coefficient (Wildman–Crippen LogP) is 5.02. The second kappa shape index (κ2) is 10.5. The molecular formula is C25H20ClN5O5S. The maximum Gasteiger partial charge on any atom is 0.270 e. The number of nitro groups is 1. The molecule has 0 spiro atoms. The minimum atomic E-state index is -0.562. The number of nitro benzene ring substituents is 1. The number of non-ortho nitro benzene ring substituents is 1.